The van der Waals surface area contributed by atoms with E-state index in [-0.39, 0.29) is 0 Å². The highest BCUT2D eigenvalue weighted by Gasteiger charge is 2.11. The number of methoxy groups -OCH3 is 3. The van der Waals surface area contributed by atoms with Crippen LogP contribution in [0.5, 0.6) is 17.2 Å². The normalized spacial score (nSPS) is 10.0. The zero-order valence-corrected chi connectivity index (χ0v) is 13.1. The third-order valence-electron chi connectivity index (χ3n) is 2.52. The number of rotatable bonds is 7. The fourth-order valence-corrected chi connectivity index (χ4v) is 1.66. The predicted octanol–water partition coefficient (Wildman–Crippen LogP) is 1.70. The zero-order valence-electron chi connectivity index (χ0n) is 12.3. The van der Waals surface area contributed by atoms with Gasteiger partial charge in [0, 0.05) is 18.7 Å². The van der Waals surface area contributed by atoms with E-state index in [2.05, 4.69) is 22.4 Å². The van der Waals surface area contributed by atoms with Crippen molar-refractivity contribution in [3.8, 4) is 17.2 Å². The van der Waals surface area contributed by atoms with Crippen molar-refractivity contribution in [1.29, 1.82) is 0 Å². The minimum absolute atomic E-state index is 0.401. The van der Waals surface area contributed by atoms with Gasteiger partial charge in [-0.3, -0.25) is 5.43 Å². The van der Waals surface area contributed by atoms with Crippen molar-refractivity contribution in [3.05, 3.63) is 30.4 Å². The first-order valence-electron chi connectivity index (χ1n) is 6.14. The number of nitrogens with one attached hydrogen (secondary N) is 2. The molecule has 0 unspecified atom stereocenters. The lowest BCUT2D eigenvalue weighted by molar-refractivity contribution is 0.374. The molecule has 0 radical (unpaired) electrons. The molecule has 0 saturated heterocycles. The summed E-state index contributed by atoms with van der Waals surface area (Å²) in [6.07, 6.45) is 3.27. The third kappa shape index (κ3) is 4.96. The summed E-state index contributed by atoms with van der Waals surface area (Å²) in [4.78, 5) is 0. The fraction of sp³-hybridized carbons (Fsp3) is 0.286. The molecule has 0 saturated carbocycles. The first-order chi connectivity index (χ1) is 10.2. The highest BCUT2D eigenvalue weighted by atomic mass is 32.1. The average Bonchev–Trinajstić information content (AvgIpc) is 2.52. The topological polar surface area (TPSA) is 64.1 Å². The van der Waals surface area contributed by atoms with Crippen LogP contribution in [0.3, 0.4) is 0 Å². The molecule has 0 aliphatic heterocycles. The molecule has 21 heavy (non-hydrogen) atoms. The number of hydrogen-bond donors (Lipinski definition) is 2. The minimum Gasteiger partial charge on any atom is -0.496 e. The zero-order chi connectivity index (χ0) is 15.7. The summed E-state index contributed by atoms with van der Waals surface area (Å²) in [6, 6.07) is 3.50. The van der Waals surface area contributed by atoms with E-state index in [0.717, 1.165) is 0 Å². The molecule has 0 heterocycles. The van der Waals surface area contributed by atoms with Gasteiger partial charge in [0.1, 0.15) is 17.2 Å². The standard InChI is InChI=1S/C14H19N3O3S/c1-5-6-15-14(21)17-16-9-11-12(19-3)7-10(18-2)8-13(11)20-4/h5,7-9H,1,6H2,2-4H3,(H2,15,17,21)/b16-9+. The number of benzene rings is 1. The van der Waals surface area contributed by atoms with Crippen LogP contribution in [-0.2, 0) is 0 Å². The second-order valence-electron chi connectivity index (χ2n) is 3.81. The van der Waals surface area contributed by atoms with Gasteiger partial charge < -0.3 is 19.5 Å². The molecule has 1 rings (SSSR count). The maximum absolute atomic E-state index is 5.31. The molecule has 0 bridgehead atoms. The van der Waals surface area contributed by atoms with Crippen molar-refractivity contribution < 1.29 is 14.2 Å². The molecule has 114 valence electrons. The lowest BCUT2D eigenvalue weighted by atomic mass is 10.2. The molecular weight excluding hydrogens is 290 g/mol. The molecule has 0 fully saturated rings. The Balaban J connectivity index is 2.90. The van der Waals surface area contributed by atoms with Crippen LogP contribution in [0.1, 0.15) is 5.56 Å². The summed E-state index contributed by atoms with van der Waals surface area (Å²) in [5.41, 5.74) is 3.38. The Bertz CT molecular complexity index is 507. The van der Waals surface area contributed by atoms with Crippen molar-refractivity contribution in [2.75, 3.05) is 27.9 Å². The first-order valence-corrected chi connectivity index (χ1v) is 6.54. The Hall–Kier alpha value is -2.28. The van der Waals surface area contributed by atoms with E-state index < -0.39 is 0 Å². The average molecular weight is 309 g/mol. The Morgan fingerprint density at radius 3 is 2.33 bits per heavy atom. The number of thiocarbonyl (C=S) groups is 1. The van der Waals surface area contributed by atoms with Crippen LogP contribution in [-0.4, -0.2) is 39.2 Å². The van der Waals surface area contributed by atoms with Crippen LogP contribution in [0.15, 0.2) is 29.9 Å². The molecule has 0 aliphatic rings. The molecule has 7 heteroatoms. The molecule has 1 aromatic rings. The SMILES string of the molecule is C=CCNC(=S)N/N=C/c1c(OC)cc(OC)cc1OC. The Labute approximate surface area is 129 Å². The summed E-state index contributed by atoms with van der Waals surface area (Å²) in [6.45, 7) is 4.15. The molecule has 0 aromatic heterocycles. The molecule has 0 atom stereocenters. The molecule has 1 aromatic carbocycles. The van der Waals surface area contributed by atoms with Gasteiger partial charge in [-0.2, -0.15) is 5.10 Å². The first kappa shape index (κ1) is 16.8. The van der Waals surface area contributed by atoms with Gasteiger partial charge in [-0.25, -0.2) is 0 Å². The largest absolute Gasteiger partial charge is 0.496 e. The second kappa shape index (κ2) is 8.80. The number of hydrazone groups is 1. The van der Waals surface area contributed by atoms with Crippen LogP contribution in [0.2, 0.25) is 0 Å². The van der Waals surface area contributed by atoms with E-state index in [4.69, 9.17) is 26.4 Å². The lowest BCUT2D eigenvalue weighted by Crippen LogP contribution is -2.31. The Morgan fingerprint density at radius 1 is 1.24 bits per heavy atom. The number of nitrogens with zero attached hydrogens (tertiary/aromatic N) is 1. The van der Waals surface area contributed by atoms with Crippen molar-refractivity contribution in [1.82, 2.24) is 10.7 Å². The molecular formula is C14H19N3O3S. The van der Waals surface area contributed by atoms with Crippen LogP contribution in [0.4, 0.5) is 0 Å². The monoisotopic (exact) mass is 309 g/mol. The predicted molar refractivity (Wildman–Crippen MR) is 87.6 cm³/mol. The Morgan fingerprint density at radius 2 is 1.86 bits per heavy atom. The summed E-state index contributed by atoms with van der Waals surface area (Å²) >= 11 is 5.03. The van der Waals surface area contributed by atoms with E-state index in [1.54, 1.807) is 45.8 Å². The maximum atomic E-state index is 5.31. The minimum atomic E-state index is 0.401. The van der Waals surface area contributed by atoms with Gasteiger partial charge in [0.2, 0.25) is 0 Å². The number of ether oxygens (including phenoxy) is 3. The molecule has 6 nitrogen and oxygen atoms in total. The Kier molecular flexibility index (Phi) is 7.03. The second-order valence-corrected chi connectivity index (χ2v) is 4.22. The van der Waals surface area contributed by atoms with Gasteiger partial charge in [-0.15, -0.1) is 6.58 Å². The van der Waals surface area contributed by atoms with Crippen molar-refractivity contribution >= 4 is 23.5 Å². The van der Waals surface area contributed by atoms with E-state index in [9.17, 15) is 0 Å². The van der Waals surface area contributed by atoms with Crippen LogP contribution in [0.25, 0.3) is 0 Å². The van der Waals surface area contributed by atoms with Gasteiger partial charge in [-0.05, 0) is 12.2 Å². The smallest absolute Gasteiger partial charge is 0.187 e. The molecule has 0 amide bonds. The molecule has 2 N–H and O–H groups in total. The van der Waals surface area contributed by atoms with Gasteiger partial charge in [-0.1, -0.05) is 6.08 Å². The highest BCUT2D eigenvalue weighted by Crippen LogP contribution is 2.32. The van der Waals surface area contributed by atoms with Gasteiger partial charge >= 0.3 is 0 Å². The lowest BCUT2D eigenvalue weighted by Gasteiger charge is -2.12. The van der Waals surface area contributed by atoms with Gasteiger partial charge in [0.05, 0.1) is 33.1 Å². The summed E-state index contributed by atoms with van der Waals surface area (Å²) in [7, 11) is 4.71. The third-order valence-corrected chi connectivity index (χ3v) is 2.76. The summed E-state index contributed by atoms with van der Waals surface area (Å²) in [5, 5.41) is 7.35. The molecule has 0 aliphatic carbocycles. The van der Waals surface area contributed by atoms with E-state index in [1.807, 2.05) is 0 Å². The summed E-state index contributed by atoms with van der Waals surface area (Å²) in [5.74, 6) is 1.81. The van der Waals surface area contributed by atoms with Crippen LogP contribution < -0.4 is 25.0 Å². The van der Waals surface area contributed by atoms with Gasteiger partial charge in [0.25, 0.3) is 0 Å². The van der Waals surface area contributed by atoms with Crippen LogP contribution >= 0.6 is 12.2 Å². The van der Waals surface area contributed by atoms with Crippen molar-refractivity contribution in [3.63, 3.8) is 0 Å². The van der Waals surface area contributed by atoms with Crippen LogP contribution in [0, 0.1) is 0 Å². The van der Waals surface area contributed by atoms with Gasteiger partial charge in [0.15, 0.2) is 5.11 Å². The fourth-order valence-electron chi connectivity index (χ4n) is 1.52. The maximum Gasteiger partial charge on any atom is 0.187 e. The van der Waals surface area contributed by atoms with Crippen molar-refractivity contribution in [2.45, 2.75) is 0 Å². The highest BCUT2D eigenvalue weighted by molar-refractivity contribution is 7.80. The van der Waals surface area contributed by atoms with E-state index in [1.165, 1.54) is 0 Å². The quantitative estimate of drug-likeness (QED) is 0.346. The number of hydrogen-bond acceptors (Lipinski definition) is 5. The molecule has 0 spiro atoms. The summed E-state index contributed by atoms with van der Waals surface area (Å²) < 4.78 is 15.8. The van der Waals surface area contributed by atoms with E-state index in [0.29, 0.717) is 34.5 Å². The van der Waals surface area contributed by atoms with Crippen molar-refractivity contribution in [2.24, 2.45) is 5.10 Å². The van der Waals surface area contributed by atoms with E-state index >= 15 is 0 Å².